The van der Waals surface area contributed by atoms with E-state index < -0.39 is 0 Å². The Labute approximate surface area is 180 Å². The lowest BCUT2D eigenvalue weighted by Crippen LogP contribution is -2.33. The zero-order chi connectivity index (χ0) is 20.8. The summed E-state index contributed by atoms with van der Waals surface area (Å²) in [5.41, 5.74) is 4.54. The van der Waals surface area contributed by atoms with Crippen molar-refractivity contribution in [2.75, 3.05) is 11.2 Å². The lowest BCUT2D eigenvalue weighted by Gasteiger charge is -2.09. The standard InChI is InChI=1S/C22H24ClN3O2S/c1-3-14(2)16-8-11-19-18(13-16)25-21(28-19)15-6-9-17(10-7-15)24-22(29)26-20(27)5-4-12-23/h6-11,13-14H,3-5,12H2,1-2H3,(H2,24,26,27,29)/t14-/m1/s1. The number of benzene rings is 2. The maximum Gasteiger partial charge on any atom is 0.227 e. The first-order valence-electron chi connectivity index (χ1n) is 9.68. The Balaban J connectivity index is 1.68. The van der Waals surface area contributed by atoms with E-state index in [1.54, 1.807) is 0 Å². The van der Waals surface area contributed by atoms with Crippen LogP contribution in [0.2, 0.25) is 0 Å². The van der Waals surface area contributed by atoms with E-state index in [0.717, 1.165) is 28.8 Å². The molecule has 0 bridgehead atoms. The van der Waals surface area contributed by atoms with Crippen LogP contribution in [0.1, 0.15) is 44.6 Å². The van der Waals surface area contributed by atoms with Crippen molar-refractivity contribution in [1.29, 1.82) is 0 Å². The number of anilines is 1. The molecule has 0 saturated heterocycles. The second kappa shape index (κ2) is 9.85. The lowest BCUT2D eigenvalue weighted by molar-refractivity contribution is -0.119. The van der Waals surface area contributed by atoms with Crippen molar-refractivity contribution < 1.29 is 9.21 Å². The van der Waals surface area contributed by atoms with Crippen molar-refractivity contribution in [3.8, 4) is 11.5 Å². The number of amides is 1. The molecule has 0 radical (unpaired) electrons. The van der Waals surface area contributed by atoms with Gasteiger partial charge in [-0.15, -0.1) is 11.6 Å². The Morgan fingerprint density at radius 2 is 2.00 bits per heavy atom. The van der Waals surface area contributed by atoms with Crippen molar-refractivity contribution in [2.45, 2.75) is 39.0 Å². The van der Waals surface area contributed by atoms with Crippen molar-refractivity contribution in [3.63, 3.8) is 0 Å². The second-order valence-corrected chi connectivity index (χ2v) is 7.71. The number of thiocarbonyl (C=S) groups is 1. The average Bonchev–Trinajstić information content (AvgIpc) is 3.15. The van der Waals surface area contributed by atoms with Gasteiger partial charge in [-0.05, 0) is 72.9 Å². The SMILES string of the molecule is CC[C@@H](C)c1ccc2oc(-c3ccc(NC(=S)NC(=O)CCCCl)cc3)nc2c1. The van der Waals surface area contributed by atoms with Gasteiger partial charge in [0.05, 0.1) is 0 Å². The van der Waals surface area contributed by atoms with Crippen LogP contribution in [0.3, 0.4) is 0 Å². The van der Waals surface area contributed by atoms with E-state index in [1.807, 2.05) is 30.3 Å². The molecule has 152 valence electrons. The second-order valence-electron chi connectivity index (χ2n) is 6.93. The highest BCUT2D eigenvalue weighted by Crippen LogP contribution is 2.28. The highest BCUT2D eigenvalue weighted by molar-refractivity contribution is 7.80. The first-order chi connectivity index (χ1) is 14.0. The Bertz CT molecular complexity index is 1000. The minimum absolute atomic E-state index is 0.150. The minimum Gasteiger partial charge on any atom is -0.436 e. The normalized spacial score (nSPS) is 12.0. The number of aromatic nitrogens is 1. The lowest BCUT2D eigenvalue weighted by atomic mass is 9.98. The van der Waals surface area contributed by atoms with E-state index in [0.29, 0.717) is 30.5 Å². The van der Waals surface area contributed by atoms with Gasteiger partial charge in [-0.3, -0.25) is 4.79 Å². The smallest absolute Gasteiger partial charge is 0.227 e. The third-order valence-electron chi connectivity index (χ3n) is 4.77. The highest BCUT2D eigenvalue weighted by Gasteiger charge is 2.11. The van der Waals surface area contributed by atoms with Crippen LogP contribution in [0, 0.1) is 0 Å². The summed E-state index contributed by atoms with van der Waals surface area (Å²) in [5.74, 6) is 1.36. The number of fused-ring (bicyclic) bond motifs is 1. The van der Waals surface area contributed by atoms with Gasteiger partial charge in [0.2, 0.25) is 11.8 Å². The maximum atomic E-state index is 11.7. The molecule has 0 spiro atoms. The van der Waals surface area contributed by atoms with Crippen LogP contribution in [0.5, 0.6) is 0 Å². The number of oxazole rings is 1. The molecule has 5 nitrogen and oxygen atoms in total. The molecule has 1 amide bonds. The summed E-state index contributed by atoms with van der Waals surface area (Å²) >= 11 is 10.8. The number of hydrogen-bond acceptors (Lipinski definition) is 4. The average molecular weight is 430 g/mol. The summed E-state index contributed by atoms with van der Waals surface area (Å²) in [6, 6.07) is 13.7. The molecule has 1 heterocycles. The van der Waals surface area contributed by atoms with E-state index in [2.05, 4.69) is 41.6 Å². The molecule has 2 aromatic carbocycles. The van der Waals surface area contributed by atoms with Crippen LogP contribution in [0.4, 0.5) is 5.69 Å². The Hall–Kier alpha value is -2.44. The van der Waals surface area contributed by atoms with Gasteiger partial charge < -0.3 is 15.1 Å². The van der Waals surface area contributed by atoms with E-state index in [9.17, 15) is 4.79 Å². The number of rotatable bonds is 7. The Morgan fingerprint density at radius 1 is 1.24 bits per heavy atom. The van der Waals surface area contributed by atoms with Gasteiger partial charge in [-0.2, -0.15) is 0 Å². The van der Waals surface area contributed by atoms with Gasteiger partial charge in [0, 0.05) is 23.6 Å². The molecule has 0 unspecified atom stereocenters. The number of nitrogens with zero attached hydrogens (tertiary/aromatic N) is 1. The van der Waals surface area contributed by atoms with Crippen molar-refractivity contribution in [1.82, 2.24) is 10.3 Å². The summed E-state index contributed by atoms with van der Waals surface area (Å²) in [6.45, 7) is 4.38. The molecular weight excluding hydrogens is 406 g/mol. The summed E-state index contributed by atoms with van der Waals surface area (Å²) in [6.07, 6.45) is 2.05. The molecule has 0 saturated carbocycles. The zero-order valence-electron chi connectivity index (χ0n) is 16.5. The number of alkyl halides is 1. The summed E-state index contributed by atoms with van der Waals surface area (Å²) in [4.78, 5) is 16.3. The van der Waals surface area contributed by atoms with Gasteiger partial charge in [-0.25, -0.2) is 4.98 Å². The molecule has 2 N–H and O–H groups in total. The third kappa shape index (κ3) is 5.55. The van der Waals surface area contributed by atoms with E-state index >= 15 is 0 Å². The van der Waals surface area contributed by atoms with E-state index in [-0.39, 0.29) is 11.0 Å². The monoisotopic (exact) mass is 429 g/mol. The molecule has 3 rings (SSSR count). The number of carbonyl (C=O) groups is 1. The number of carbonyl (C=O) groups excluding carboxylic acids is 1. The van der Waals surface area contributed by atoms with Crippen molar-refractivity contribution >= 4 is 51.6 Å². The summed E-state index contributed by atoms with van der Waals surface area (Å²) < 4.78 is 5.91. The van der Waals surface area contributed by atoms with Crippen LogP contribution >= 0.6 is 23.8 Å². The van der Waals surface area contributed by atoms with Gasteiger partial charge >= 0.3 is 0 Å². The number of nitrogens with one attached hydrogen (secondary N) is 2. The van der Waals surface area contributed by atoms with Crippen LogP contribution in [-0.4, -0.2) is 21.9 Å². The topological polar surface area (TPSA) is 67.2 Å². The molecule has 0 aliphatic carbocycles. The first-order valence-corrected chi connectivity index (χ1v) is 10.6. The summed E-state index contributed by atoms with van der Waals surface area (Å²) in [7, 11) is 0. The molecule has 1 aromatic heterocycles. The van der Waals surface area contributed by atoms with Crippen LogP contribution in [0.25, 0.3) is 22.6 Å². The quantitative estimate of drug-likeness (QED) is 0.364. The van der Waals surface area contributed by atoms with Gasteiger partial charge in [0.25, 0.3) is 0 Å². The van der Waals surface area contributed by atoms with Crippen LogP contribution in [0.15, 0.2) is 46.9 Å². The maximum absolute atomic E-state index is 11.7. The molecule has 1 atom stereocenters. The van der Waals surface area contributed by atoms with Crippen molar-refractivity contribution in [3.05, 3.63) is 48.0 Å². The fourth-order valence-electron chi connectivity index (χ4n) is 2.89. The fourth-order valence-corrected chi connectivity index (χ4v) is 3.25. The molecule has 3 aromatic rings. The van der Waals surface area contributed by atoms with Gasteiger partial charge in [-0.1, -0.05) is 19.9 Å². The first kappa shape index (κ1) is 21.3. The predicted octanol–water partition coefficient (Wildman–Crippen LogP) is 5.84. The highest BCUT2D eigenvalue weighted by atomic mass is 35.5. The van der Waals surface area contributed by atoms with Crippen LogP contribution < -0.4 is 10.6 Å². The Kier molecular flexibility index (Phi) is 7.23. The molecule has 0 aliphatic heterocycles. The fraction of sp³-hybridized carbons (Fsp3) is 0.318. The minimum atomic E-state index is -0.150. The largest absolute Gasteiger partial charge is 0.436 e. The molecule has 29 heavy (non-hydrogen) atoms. The number of hydrogen-bond donors (Lipinski definition) is 2. The number of halogens is 1. The zero-order valence-corrected chi connectivity index (χ0v) is 18.1. The predicted molar refractivity (Wildman–Crippen MR) is 122 cm³/mol. The molecular formula is C22H24ClN3O2S. The Morgan fingerprint density at radius 3 is 2.69 bits per heavy atom. The summed E-state index contributed by atoms with van der Waals surface area (Å²) in [5, 5.41) is 5.90. The molecule has 0 fully saturated rings. The van der Waals surface area contributed by atoms with Crippen molar-refractivity contribution in [2.24, 2.45) is 0 Å². The van der Waals surface area contributed by atoms with Gasteiger partial charge in [0.15, 0.2) is 10.7 Å². The van der Waals surface area contributed by atoms with E-state index in [1.165, 1.54) is 5.56 Å². The molecule has 7 heteroatoms. The van der Waals surface area contributed by atoms with E-state index in [4.69, 9.17) is 28.2 Å². The molecule has 0 aliphatic rings. The van der Waals surface area contributed by atoms with Crippen LogP contribution in [-0.2, 0) is 4.79 Å². The third-order valence-corrected chi connectivity index (χ3v) is 5.24. The van der Waals surface area contributed by atoms with Gasteiger partial charge in [0.1, 0.15) is 5.52 Å².